The van der Waals surface area contributed by atoms with Crippen molar-refractivity contribution in [2.45, 2.75) is 6.54 Å². The molecule has 23 heavy (non-hydrogen) atoms. The summed E-state index contributed by atoms with van der Waals surface area (Å²) < 4.78 is 10.0. The van der Waals surface area contributed by atoms with Crippen LogP contribution in [0.3, 0.4) is 0 Å². The van der Waals surface area contributed by atoms with Gasteiger partial charge in [0.2, 0.25) is 0 Å². The largest absolute Gasteiger partial charge is 0.467 e. The predicted octanol–water partition coefficient (Wildman–Crippen LogP) is 2.00. The lowest BCUT2D eigenvalue weighted by Crippen LogP contribution is -2.30. The Labute approximate surface area is 131 Å². The van der Waals surface area contributed by atoms with Crippen molar-refractivity contribution in [1.82, 2.24) is 4.90 Å². The third-order valence-corrected chi connectivity index (χ3v) is 3.04. The van der Waals surface area contributed by atoms with Gasteiger partial charge in [0.15, 0.2) is 6.61 Å². The van der Waals surface area contributed by atoms with Crippen molar-refractivity contribution >= 4 is 17.6 Å². The van der Waals surface area contributed by atoms with Crippen LogP contribution in [0.2, 0.25) is 0 Å². The first-order valence-electron chi connectivity index (χ1n) is 6.65. The molecule has 8 nitrogen and oxygen atoms in total. The molecule has 1 aromatic carbocycles. The molecule has 0 aliphatic heterocycles. The van der Waals surface area contributed by atoms with Gasteiger partial charge in [-0.2, -0.15) is 0 Å². The zero-order valence-corrected chi connectivity index (χ0v) is 12.3. The number of furan rings is 1. The Hall–Kier alpha value is -3.16. The van der Waals surface area contributed by atoms with Crippen LogP contribution in [-0.2, 0) is 16.1 Å². The molecule has 2 aromatic rings. The van der Waals surface area contributed by atoms with Gasteiger partial charge in [0.25, 0.3) is 11.6 Å². The number of hydrogen-bond acceptors (Lipinski definition) is 6. The molecule has 0 bridgehead atoms. The summed E-state index contributed by atoms with van der Waals surface area (Å²) in [5.74, 6) is -0.501. The van der Waals surface area contributed by atoms with Gasteiger partial charge in [-0.3, -0.25) is 14.9 Å². The van der Waals surface area contributed by atoms with Gasteiger partial charge in [0.05, 0.1) is 23.3 Å². The van der Waals surface area contributed by atoms with E-state index in [-0.39, 0.29) is 17.8 Å². The number of amides is 1. The highest BCUT2D eigenvalue weighted by atomic mass is 16.6. The molecule has 0 atom stereocenters. The van der Waals surface area contributed by atoms with E-state index in [0.717, 1.165) is 0 Å². The summed E-state index contributed by atoms with van der Waals surface area (Å²) in [6.07, 6.45) is 1.50. The molecule has 0 N–H and O–H groups in total. The molecule has 0 saturated carbocycles. The Kier molecular flexibility index (Phi) is 5.08. The van der Waals surface area contributed by atoms with Crippen LogP contribution in [0.4, 0.5) is 5.69 Å². The molecule has 0 aliphatic rings. The molecular formula is C15H14N2O6. The van der Waals surface area contributed by atoms with Crippen molar-refractivity contribution in [2.75, 3.05) is 13.7 Å². The minimum atomic E-state index is -0.723. The Morgan fingerprint density at radius 1 is 1.26 bits per heavy atom. The minimum absolute atomic E-state index is 0.129. The second kappa shape index (κ2) is 7.21. The van der Waals surface area contributed by atoms with E-state index in [1.165, 1.54) is 35.4 Å². The molecule has 1 heterocycles. The van der Waals surface area contributed by atoms with Crippen molar-refractivity contribution in [1.29, 1.82) is 0 Å². The monoisotopic (exact) mass is 318 g/mol. The first kappa shape index (κ1) is 16.2. The van der Waals surface area contributed by atoms with E-state index in [1.807, 2.05) is 0 Å². The highest BCUT2D eigenvalue weighted by Crippen LogP contribution is 2.12. The summed E-state index contributed by atoms with van der Waals surface area (Å²) in [5, 5.41) is 10.5. The van der Waals surface area contributed by atoms with Crippen molar-refractivity contribution in [3.8, 4) is 0 Å². The molecule has 1 aromatic heterocycles. The molecule has 2 rings (SSSR count). The number of ether oxygens (including phenoxy) is 1. The topological polar surface area (TPSA) is 103 Å². The standard InChI is InChI=1S/C15H14N2O6/c1-16(9-13-3-2-8-22-13)14(18)10-23-15(19)11-4-6-12(7-5-11)17(20)21/h2-8H,9-10H2,1H3. The lowest BCUT2D eigenvalue weighted by atomic mass is 10.2. The van der Waals surface area contributed by atoms with Gasteiger partial charge in [0.1, 0.15) is 5.76 Å². The fraction of sp³-hybridized carbons (Fsp3) is 0.200. The van der Waals surface area contributed by atoms with Crippen LogP contribution in [0, 0.1) is 10.1 Å². The third-order valence-electron chi connectivity index (χ3n) is 3.04. The lowest BCUT2D eigenvalue weighted by Gasteiger charge is -2.15. The Morgan fingerprint density at radius 3 is 2.52 bits per heavy atom. The number of carbonyl (C=O) groups excluding carboxylic acids is 2. The number of rotatable bonds is 6. The number of non-ortho nitro benzene ring substituents is 1. The summed E-state index contributed by atoms with van der Waals surface area (Å²) in [7, 11) is 1.56. The van der Waals surface area contributed by atoms with Crippen LogP contribution in [0.25, 0.3) is 0 Å². The molecule has 120 valence electrons. The number of nitro benzene ring substituents is 1. The molecule has 0 spiro atoms. The minimum Gasteiger partial charge on any atom is -0.467 e. The summed E-state index contributed by atoms with van der Waals surface area (Å²) in [6, 6.07) is 8.38. The van der Waals surface area contributed by atoms with E-state index in [4.69, 9.17) is 9.15 Å². The average molecular weight is 318 g/mol. The summed E-state index contributed by atoms with van der Waals surface area (Å²) in [5.41, 5.74) is 0.00731. The second-order valence-corrected chi connectivity index (χ2v) is 4.71. The quantitative estimate of drug-likeness (QED) is 0.458. The smallest absolute Gasteiger partial charge is 0.338 e. The number of nitro groups is 1. The fourth-order valence-electron chi connectivity index (χ4n) is 1.76. The first-order valence-corrected chi connectivity index (χ1v) is 6.65. The molecule has 8 heteroatoms. The van der Waals surface area contributed by atoms with Gasteiger partial charge < -0.3 is 14.1 Å². The van der Waals surface area contributed by atoms with Crippen LogP contribution in [0.15, 0.2) is 47.1 Å². The van der Waals surface area contributed by atoms with E-state index in [0.29, 0.717) is 5.76 Å². The van der Waals surface area contributed by atoms with Gasteiger partial charge in [0, 0.05) is 19.2 Å². The number of hydrogen-bond donors (Lipinski definition) is 0. The van der Waals surface area contributed by atoms with Gasteiger partial charge in [-0.05, 0) is 24.3 Å². The predicted molar refractivity (Wildman–Crippen MR) is 78.6 cm³/mol. The van der Waals surface area contributed by atoms with Gasteiger partial charge in [-0.15, -0.1) is 0 Å². The molecule has 0 unspecified atom stereocenters. The van der Waals surface area contributed by atoms with Gasteiger partial charge in [-0.25, -0.2) is 4.79 Å². The maximum Gasteiger partial charge on any atom is 0.338 e. The van der Waals surface area contributed by atoms with Crippen molar-refractivity contribution < 1.29 is 23.7 Å². The molecule has 0 aliphatic carbocycles. The summed E-state index contributed by atoms with van der Waals surface area (Å²) >= 11 is 0. The molecular weight excluding hydrogens is 304 g/mol. The zero-order valence-electron chi connectivity index (χ0n) is 12.3. The third kappa shape index (κ3) is 4.40. The van der Waals surface area contributed by atoms with Crippen molar-refractivity contribution in [3.05, 3.63) is 64.1 Å². The molecule has 0 radical (unpaired) electrons. The number of esters is 1. The van der Waals surface area contributed by atoms with E-state index in [1.54, 1.807) is 19.2 Å². The zero-order chi connectivity index (χ0) is 16.8. The number of likely N-dealkylation sites (N-methyl/N-ethyl adjacent to an activating group) is 1. The highest BCUT2D eigenvalue weighted by Gasteiger charge is 2.15. The maximum atomic E-state index is 11.9. The maximum absolute atomic E-state index is 11.9. The SMILES string of the molecule is CN(Cc1ccco1)C(=O)COC(=O)c1ccc([N+](=O)[O-])cc1. The highest BCUT2D eigenvalue weighted by molar-refractivity contribution is 5.91. The van der Waals surface area contributed by atoms with E-state index < -0.39 is 23.4 Å². The van der Waals surface area contributed by atoms with Crippen molar-refractivity contribution in [3.63, 3.8) is 0 Å². The van der Waals surface area contributed by atoms with E-state index in [9.17, 15) is 19.7 Å². The van der Waals surface area contributed by atoms with Crippen LogP contribution >= 0.6 is 0 Å². The molecule has 1 amide bonds. The first-order chi connectivity index (χ1) is 11.0. The second-order valence-electron chi connectivity index (χ2n) is 4.71. The Bertz CT molecular complexity index is 693. The van der Waals surface area contributed by atoms with Crippen molar-refractivity contribution in [2.24, 2.45) is 0 Å². The summed E-state index contributed by atoms with van der Waals surface area (Å²) in [4.78, 5) is 35.0. The fourth-order valence-corrected chi connectivity index (χ4v) is 1.76. The Balaban J connectivity index is 1.85. The number of benzene rings is 1. The van der Waals surface area contributed by atoms with Crippen LogP contribution in [-0.4, -0.2) is 35.4 Å². The summed E-state index contributed by atoms with van der Waals surface area (Å²) in [6.45, 7) is -0.159. The van der Waals surface area contributed by atoms with Crippen LogP contribution in [0.1, 0.15) is 16.1 Å². The number of nitrogens with zero attached hydrogens (tertiary/aromatic N) is 2. The normalized spacial score (nSPS) is 10.1. The Morgan fingerprint density at radius 2 is 1.96 bits per heavy atom. The average Bonchev–Trinajstić information content (AvgIpc) is 3.05. The van der Waals surface area contributed by atoms with Crippen LogP contribution in [0.5, 0.6) is 0 Å². The lowest BCUT2D eigenvalue weighted by molar-refractivity contribution is -0.384. The van der Waals surface area contributed by atoms with E-state index >= 15 is 0 Å². The molecule has 0 saturated heterocycles. The van der Waals surface area contributed by atoms with Crippen LogP contribution < -0.4 is 0 Å². The van der Waals surface area contributed by atoms with E-state index in [2.05, 4.69) is 0 Å². The van der Waals surface area contributed by atoms with Gasteiger partial charge >= 0.3 is 5.97 Å². The van der Waals surface area contributed by atoms with Gasteiger partial charge in [-0.1, -0.05) is 0 Å². The molecule has 0 fully saturated rings. The number of carbonyl (C=O) groups is 2.